The minimum atomic E-state index is -0.148. The Bertz CT molecular complexity index is 541. The first-order valence-electron chi connectivity index (χ1n) is 3.93. The summed E-state index contributed by atoms with van der Waals surface area (Å²) in [5.41, 5.74) is 0.531. The molecule has 0 aliphatic rings. The minimum Gasteiger partial charge on any atom is -0.496 e. The summed E-state index contributed by atoms with van der Waals surface area (Å²) in [4.78, 5) is 18.0. The van der Waals surface area contributed by atoms with Gasteiger partial charge in [0.05, 0.1) is 27.9 Å². The van der Waals surface area contributed by atoms with Gasteiger partial charge in [-0.05, 0) is 34.7 Å². The molecule has 0 saturated carbocycles. The maximum Gasteiger partial charge on any atom is 0.258 e. The maximum absolute atomic E-state index is 11.4. The zero-order valence-electron chi connectivity index (χ0n) is 7.78. The van der Waals surface area contributed by atoms with Crippen LogP contribution in [0.2, 0.25) is 0 Å². The van der Waals surface area contributed by atoms with Crippen molar-refractivity contribution in [2.45, 2.75) is 0 Å². The van der Waals surface area contributed by atoms with Crippen LogP contribution in [0.3, 0.4) is 0 Å². The van der Waals surface area contributed by atoms with E-state index >= 15 is 0 Å². The molecule has 0 aliphatic carbocycles. The van der Waals surface area contributed by atoms with Gasteiger partial charge in [0.15, 0.2) is 0 Å². The van der Waals surface area contributed by atoms with Crippen LogP contribution in [0.5, 0.6) is 5.75 Å². The summed E-state index contributed by atoms with van der Waals surface area (Å²) in [7, 11) is 1.58. The van der Waals surface area contributed by atoms with Crippen LogP contribution in [0.1, 0.15) is 0 Å². The second kappa shape index (κ2) is 4.80. The lowest BCUT2D eigenvalue weighted by molar-refractivity contribution is 0.412. The first-order chi connectivity index (χ1) is 6.72. The molecule has 0 spiro atoms. The molecule has 15 heavy (non-hydrogen) atoms. The van der Waals surface area contributed by atoms with Crippen molar-refractivity contribution in [3.63, 3.8) is 0 Å². The fourth-order valence-corrected chi connectivity index (χ4v) is 1.90. The molecule has 0 bridgehead atoms. The molecule has 0 amide bonds. The summed E-state index contributed by atoms with van der Waals surface area (Å²) in [5, 5.41) is 0.546. The largest absolute Gasteiger partial charge is 0.496 e. The highest BCUT2D eigenvalue weighted by Gasteiger charge is 2.05. The van der Waals surface area contributed by atoms with Crippen molar-refractivity contribution in [3.05, 3.63) is 32.4 Å². The smallest absolute Gasteiger partial charge is 0.258 e. The molecule has 2 rings (SSSR count). The van der Waals surface area contributed by atoms with Crippen molar-refractivity contribution < 1.29 is 4.74 Å². The van der Waals surface area contributed by atoms with E-state index in [0.717, 1.165) is 3.57 Å². The number of nitrogens with zero attached hydrogens (tertiary/aromatic N) is 1. The first kappa shape index (κ1) is 12.3. The first-order valence-corrected chi connectivity index (χ1v) is 5.01. The molecule has 0 aliphatic heterocycles. The maximum atomic E-state index is 11.4. The van der Waals surface area contributed by atoms with E-state index in [9.17, 15) is 4.79 Å². The number of nitrogens with one attached hydrogen (secondary N) is 1. The standard InChI is InChI=1S/C9H7IN2O2.ClH/c1-14-8-2-5-7(3-6(8)10)11-4-12-9(5)13;/h2-4H,1H3,(H,11,12,13);1H. The Morgan fingerprint density at radius 2 is 2.20 bits per heavy atom. The van der Waals surface area contributed by atoms with E-state index in [2.05, 4.69) is 32.6 Å². The highest BCUT2D eigenvalue weighted by atomic mass is 127. The van der Waals surface area contributed by atoms with Crippen molar-refractivity contribution in [1.29, 1.82) is 0 Å². The highest BCUT2D eigenvalue weighted by Crippen LogP contribution is 2.23. The van der Waals surface area contributed by atoms with Gasteiger partial charge in [-0.15, -0.1) is 12.4 Å². The molecule has 0 unspecified atom stereocenters. The number of H-pyrrole nitrogens is 1. The van der Waals surface area contributed by atoms with Crippen molar-refractivity contribution in [2.24, 2.45) is 0 Å². The molecule has 4 nitrogen and oxygen atoms in total. The monoisotopic (exact) mass is 338 g/mol. The number of ether oxygens (including phenoxy) is 1. The number of hydrogen-bond acceptors (Lipinski definition) is 3. The molecular weight excluding hydrogens is 330 g/mol. The number of aromatic nitrogens is 2. The van der Waals surface area contributed by atoms with Crippen molar-refractivity contribution in [2.75, 3.05) is 7.11 Å². The summed E-state index contributed by atoms with van der Waals surface area (Å²) in [6, 6.07) is 3.52. The highest BCUT2D eigenvalue weighted by molar-refractivity contribution is 14.1. The Morgan fingerprint density at radius 3 is 2.87 bits per heavy atom. The van der Waals surface area contributed by atoms with Gasteiger partial charge in [-0.2, -0.15) is 0 Å². The minimum absolute atomic E-state index is 0. The molecular formula is C9H8ClIN2O2. The molecule has 1 N–H and O–H groups in total. The fraction of sp³-hybridized carbons (Fsp3) is 0.111. The third-order valence-corrected chi connectivity index (χ3v) is 2.76. The number of benzene rings is 1. The lowest BCUT2D eigenvalue weighted by Gasteiger charge is -2.03. The fourth-order valence-electron chi connectivity index (χ4n) is 1.23. The summed E-state index contributed by atoms with van der Waals surface area (Å²) in [6.07, 6.45) is 1.40. The quantitative estimate of drug-likeness (QED) is 0.809. The van der Waals surface area contributed by atoms with Crippen LogP contribution in [0.15, 0.2) is 23.3 Å². The Morgan fingerprint density at radius 1 is 1.47 bits per heavy atom. The Balaban J connectivity index is 0.00000112. The van der Waals surface area contributed by atoms with Crippen LogP contribution in [0.4, 0.5) is 0 Å². The van der Waals surface area contributed by atoms with Crippen molar-refractivity contribution in [3.8, 4) is 5.75 Å². The van der Waals surface area contributed by atoms with Crippen LogP contribution < -0.4 is 10.3 Å². The van der Waals surface area contributed by atoms with Crippen LogP contribution >= 0.6 is 35.0 Å². The van der Waals surface area contributed by atoms with Gasteiger partial charge in [0.2, 0.25) is 0 Å². The van der Waals surface area contributed by atoms with Crippen LogP contribution in [-0.2, 0) is 0 Å². The second-order valence-electron chi connectivity index (χ2n) is 2.74. The number of rotatable bonds is 1. The van der Waals surface area contributed by atoms with Crippen LogP contribution in [0, 0.1) is 3.57 Å². The lowest BCUT2D eigenvalue weighted by atomic mass is 10.2. The normalized spacial score (nSPS) is 9.73. The van der Waals surface area contributed by atoms with Gasteiger partial charge in [0, 0.05) is 0 Å². The van der Waals surface area contributed by atoms with E-state index in [-0.39, 0.29) is 18.0 Å². The van der Waals surface area contributed by atoms with E-state index < -0.39 is 0 Å². The molecule has 2 aromatic rings. The number of aromatic amines is 1. The van der Waals surface area contributed by atoms with E-state index in [1.807, 2.05) is 6.07 Å². The van der Waals surface area contributed by atoms with Crippen LogP contribution in [0.25, 0.3) is 10.9 Å². The van der Waals surface area contributed by atoms with E-state index in [4.69, 9.17) is 4.74 Å². The Labute approximate surface area is 106 Å². The number of methoxy groups -OCH3 is 1. The van der Waals surface area contributed by atoms with Crippen LogP contribution in [-0.4, -0.2) is 17.1 Å². The van der Waals surface area contributed by atoms with E-state index in [1.54, 1.807) is 13.2 Å². The zero-order chi connectivity index (χ0) is 10.1. The zero-order valence-corrected chi connectivity index (χ0v) is 10.8. The third-order valence-electron chi connectivity index (χ3n) is 1.91. The predicted molar refractivity (Wildman–Crippen MR) is 68.9 cm³/mol. The van der Waals surface area contributed by atoms with E-state index in [1.165, 1.54) is 6.33 Å². The molecule has 80 valence electrons. The molecule has 0 atom stereocenters. The summed E-state index contributed by atoms with van der Waals surface area (Å²) >= 11 is 2.14. The SMILES string of the molecule is COc1cc2c(=O)[nH]cnc2cc1I.Cl. The average molecular weight is 339 g/mol. The molecule has 0 radical (unpaired) electrons. The molecule has 0 fully saturated rings. The number of hydrogen-bond donors (Lipinski definition) is 1. The molecule has 0 saturated heterocycles. The van der Waals surface area contributed by atoms with Gasteiger partial charge >= 0.3 is 0 Å². The van der Waals surface area contributed by atoms with Gasteiger partial charge < -0.3 is 9.72 Å². The summed E-state index contributed by atoms with van der Waals surface area (Å²) in [5.74, 6) is 0.691. The van der Waals surface area contributed by atoms with Gasteiger partial charge in [0.25, 0.3) is 5.56 Å². The lowest BCUT2D eigenvalue weighted by Crippen LogP contribution is -2.06. The number of halogens is 2. The summed E-state index contributed by atoms with van der Waals surface area (Å²) in [6.45, 7) is 0. The predicted octanol–water partition coefficient (Wildman–Crippen LogP) is 1.96. The molecule has 1 aromatic carbocycles. The Hall–Kier alpha value is -0.820. The van der Waals surface area contributed by atoms with Crippen molar-refractivity contribution >= 4 is 45.9 Å². The molecule has 1 heterocycles. The number of fused-ring (bicyclic) bond motifs is 1. The van der Waals surface area contributed by atoms with Crippen molar-refractivity contribution in [1.82, 2.24) is 9.97 Å². The average Bonchev–Trinajstić information content (AvgIpc) is 2.17. The van der Waals surface area contributed by atoms with Gasteiger partial charge in [-0.1, -0.05) is 0 Å². The second-order valence-corrected chi connectivity index (χ2v) is 3.90. The molecule has 6 heteroatoms. The van der Waals surface area contributed by atoms with E-state index in [0.29, 0.717) is 16.7 Å². The topological polar surface area (TPSA) is 55.0 Å². The van der Waals surface area contributed by atoms with Gasteiger partial charge in [-0.3, -0.25) is 4.79 Å². The molecule has 1 aromatic heterocycles. The Kier molecular flexibility index (Phi) is 3.92. The summed E-state index contributed by atoms with van der Waals surface area (Å²) < 4.78 is 6.06. The third kappa shape index (κ3) is 2.23. The van der Waals surface area contributed by atoms with Gasteiger partial charge in [0.1, 0.15) is 5.75 Å². The van der Waals surface area contributed by atoms with Gasteiger partial charge in [-0.25, -0.2) is 4.98 Å².